The maximum Gasteiger partial charge on any atom is 0.435 e. The minimum absolute atomic E-state index is 0.182. The highest BCUT2D eigenvalue weighted by Crippen LogP contribution is 2.28. The van der Waals surface area contributed by atoms with E-state index < -0.39 is 17.8 Å². The van der Waals surface area contributed by atoms with Gasteiger partial charge in [0.05, 0.1) is 0 Å². The van der Waals surface area contributed by atoms with E-state index in [1.807, 2.05) is 19.1 Å². The molecule has 9 heteroatoms. The summed E-state index contributed by atoms with van der Waals surface area (Å²) < 4.78 is 38.7. The number of carbonyl (C=O) groups excluding carboxylic acids is 1. The number of aryl methyl sites for hydroxylation is 1. The van der Waals surface area contributed by atoms with Gasteiger partial charge in [0, 0.05) is 37.3 Å². The normalized spacial score (nSPS) is 17.9. The third kappa shape index (κ3) is 5.76. The van der Waals surface area contributed by atoms with Crippen LogP contribution >= 0.6 is 11.6 Å². The number of halogens is 4. The molecule has 2 aromatic rings. The second-order valence-corrected chi connectivity index (χ2v) is 8.44. The molecular formula is C21H26ClF3N4O. The number of amides is 1. The molecule has 0 saturated carbocycles. The summed E-state index contributed by atoms with van der Waals surface area (Å²) in [5.41, 5.74) is 0.461. The number of likely N-dealkylation sites (tertiary alicyclic amines) is 1. The van der Waals surface area contributed by atoms with Crippen molar-refractivity contribution in [1.29, 1.82) is 0 Å². The molecule has 1 aromatic carbocycles. The van der Waals surface area contributed by atoms with Gasteiger partial charge in [-0.1, -0.05) is 36.2 Å². The van der Waals surface area contributed by atoms with Crippen molar-refractivity contribution >= 4 is 17.5 Å². The number of nitrogens with zero attached hydrogens (tertiary/aromatic N) is 3. The zero-order chi connectivity index (χ0) is 21.9. The van der Waals surface area contributed by atoms with Gasteiger partial charge in [-0.2, -0.15) is 18.3 Å². The minimum atomic E-state index is -4.61. The van der Waals surface area contributed by atoms with Gasteiger partial charge in [0.1, 0.15) is 5.69 Å². The third-order valence-electron chi connectivity index (χ3n) is 5.38. The summed E-state index contributed by atoms with van der Waals surface area (Å²) in [5.74, 6) is 0.0664. The smallest absolute Gasteiger partial charge is 0.332 e. The molecule has 2 heterocycles. The number of aromatic nitrogens is 2. The summed E-state index contributed by atoms with van der Waals surface area (Å²) in [4.78, 5) is 16.9. The molecule has 3 rings (SSSR count). The lowest BCUT2D eigenvalue weighted by molar-refractivity contribution is -0.141. The van der Waals surface area contributed by atoms with Crippen molar-refractivity contribution in [1.82, 2.24) is 20.0 Å². The molecule has 0 spiro atoms. The van der Waals surface area contributed by atoms with Gasteiger partial charge in [-0.25, -0.2) is 0 Å². The zero-order valence-electron chi connectivity index (χ0n) is 17.1. The van der Waals surface area contributed by atoms with Crippen molar-refractivity contribution in [3.8, 4) is 0 Å². The lowest BCUT2D eigenvalue weighted by Gasteiger charge is -2.33. The van der Waals surface area contributed by atoms with Crippen LogP contribution < -0.4 is 0 Å². The lowest BCUT2D eigenvalue weighted by atomic mass is 10.0. The Hall–Kier alpha value is -2.06. The van der Waals surface area contributed by atoms with Crippen LogP contribution in [0, 0.1) is 12.8 Å². The minimum Gasteiger partial charge on any atom is -0.332 e. The van der Waals surface area contributed by atoms with E-state index in [4.69, 9.17) is 11.6 Å². The number of hydrogen-bond donors (Lipinski definition) is 1. The summed E-state index contributed by atoms with van der Waals surface area (Å²) >= 11 is 6.31. The lowest BCUT2D eigenvalue weighted by Crippen LogP contribution is -2.42. The molecule has 1 unspecified atom stereocenters. The summed E-state index contributed by atoms with van der Waals surface area (Å²) in [6.07, 6.45) is -2.32. The average Bonchev–Trinajstić information content (AvgIpc) is 3.18. The molecule has 1 atom stereocenters. The van der Waals surface area contributed by atoms with E-state index >= 15 is 0 Å². The first kappa shape index (κ1) is 22.6. The quantitative estimate of drug-likeness (QED) is 0.701. The molecule has 30 heavy (non-hydrogen) atoms. The Morgan fingerprint density at radius 3 is 2.80 bits per heavy atom. The second-order valence-electron chi connectivity index (χ2n) is 8.03. The van der Waals surface area contributed by atoms with Crippen LogP contribution in [0.25, 0.3) is 0 Å². The molecule has 5 nitrogen and oxygen atoms in total. The molecule has 1 saturated heterocycles. The summed E-state index contributed by atoms with van der Waals surface area (Å²) in [6.45, 7) is 7.28. The van der Waals surface area contributed by atoms with E-state index in [1.165, 1.54) is 11.3 Å². The first-order valence-electron chi connectivity index (χ1n) is 10.0. The van der Waals surface area contributed by atoms with Gasteiger partial charge in [0.2, 0.25) is 0 Å². The summed E-state index contributed by atoms with van der Waals surface area (Å²) in [6, 6.07) is 6.28. The van der Waals surface area contributed by atoms with Crippen LogP contribution in [0.3, 0.4) is 0 Å². The molecule has 164 valence electrons. The van der Waals surface area contributed by atoms with E-state index in [9.17, 15) is 18.0 Å². The van der Waals surface area contributed by atoms with E-state index in [1.54, 1.807) is 6.07 Å². The highest BCUT2D eigenvalue weighted by molar-refractivity contribution is 6.31. The van der Waals surface area contributed by atoms with E-state index in [0.717, 1.165) is 36.7 Å². The monoisotopic (exact) mass is 442 g/mol. The van der Waals surface area contributed by atoms with E-state index in [2.05, 4.69) is 22.0 Å². The van der Waals surface area contributed by atoms with Crippen molar-refractivity contribution in [2.75, 3.05) is 26.2 Å². The predicted octanol–water partition coefficient (Wildman–Crippen LogP) is 4.76. The fourth-order valence-corrected chi connectivity index (χ4v) is 3.96. The number of hydrogen-bond acceptors (Lipinski definition) is 3. The molecule has 1 aliphatic heterocycles. The Kier molecular flexibility index (Phi) is 7.08. The van der Waals surface area contributed by atoms with Crippen molar-refractivity contribution in [3.05, 3.63) is 51.8 Å². The van der Waals surface area contributed by atoms with Crippen molar-refractivity contribution < 1.29 is 18.0 Å². The molecular weight excluding hydrogens is 417 g/mol. The van der Waals surface area contributed by atoms with Crippen LogP contribution in [0.2, 0.25) is 5.02 Å². The highest BCUT2D eigenvalue weighted by Gasteiger charge is 2.35. The number of benzene rings is 1. The number of piperidine rings is 1. The SMILES string of the molecule is Cc1ccc(Cl)c(CN(CCN2CCCC(C)C2)C(=O)c2cc(C(F)(F)F)n[nH]2)c1. The predicted molar refractivity (Wildman–Crippen MR) is 109 cm³/mol. The van der Waals surface area contributed by atoms with E-state index in [-0.39, 0.29) is 12.2 Å². The molecule has 0 bridgehead atoms. The number of H-pyrrole nitrogens is 1. The van der Waals surface area contributed by atoms with Gasteiger partial charge < -0.3 is 9.80 Å². The maximum atomic E-state index is 13.0. The topological polar surface area (TPSA) is 52.2 Å². The van der Waals surface area contributed by atoms with Crippen LogP contribution in [0.5, 0.6) is 0 Å². The van der Waals surface area contributed by atoms with Gasteiger partial charge in [-0.05, 0) is 43.9 Å². The Morgan fingerprint density at radius 1 is 1.37 bits per heavy atom. The van der Waals surface area contributed by atoms with Crippen molar-refractivity contribution in [2.24, 2.45) is 5.92 Å². The van der Waals surface area contributed by atoms with Crippen LogP contribution in [0.15, 0.2) is 24.3 Å². The van der Waals surface area contributed by atoms with Crippen molar-refractivity contribution in [3.63, 3.8) is 0 Å². The zero-order valence-corrected chi connectivity index (χ0v) is 17.9. The molecule has 1 fully saturated rings. The first-order chi connectivity index (χ1) is 14.1. The number of rotatable bonds is 6. The van der Waals surface area contributed by atoms with Gasteiger partial charge >= 0.3 is 6.18 Å². The van der Waals surface area contributed by atoms with E-state index in [0.29, 0.717) is 24.0 Å². The Labute approximate surface area is 179 Å². The first-order valence-corrected chi connectivity index (χ1v) is 10.4. The molecule has 1 aromatic heterocycles. The largest absolute Gasteiger partial charge is 0.435 e. The average molecular weight is 443 g/mol. The Morgan fingerprint density at radius 2 is 2.13 bits per heavy atom. The Balaban J connectivity index is 1.79. The number of carbonyl (C=O) groups is 1. The summed E-state index contributed by atoms with van der Waals surface area (Å²) in [7, 11) is 0. The fraction of sp³-hybridized carbons (Fsp3) is 0.524. The Bertz CT molecular complexity index is 883. The summed E-state index contributed by atoms with van der Waals surface area (Å²) in [5, 5.41) is 6.02. The number of nitrogens with one attached hydrogen (secondary N) is 1. The highest BCUT2D eigenvalue weighted by atomic mass is 35.5. The molecule has 1 aliphatic rings. The van der Waals surface area contributed by atoms with Crippen LogP contribution in [0.1, 0.15) is 47.1 Å². The molecule has 0 aliphatic carbocycles. The van der Waals surface area contributed by atoms with Crippen LogP contribution in [-0.2, 0) is 12.7 Å². The van der Waals surface area contributed by atoms with Crippen molar-refractivity contribution in [2.45, 2.75) is 39.4 Å². The van der Waals surface area contributed by atoms with Crippen LogP contribution in [0.4, 0.5) is 13.2 Å². The molecule has 0 radical (unpaired) electrons. The van der Waals surface area contributed by atoms with Gasteiger partial charge in [0.25, 0.3) is 5.91 Å². The van der Waals surface area contributed by atoms with Gasteiger partial charge in [-0.3, -0.25) is 9.89 Å². The van der Waals surface area contributed by atoms with Gasteiger partial charge in [0.15, 0.2) is 5.69 Å². The maximum absolute atomic E-state index is 13.0. The van der Waals surface area contributed by atoms with Gasteiger partial charge in [-0.15, -0.1) is 0 Å². The number of alkyl halides is 3. The second kappa shape index (κ2) is 9.39. The van der Waals surface area contributed by atoms with Crippen LogP contribution in [-0.4, -0.2) is 52.1 Å². The third-order valence-corrected chi connectivity index (χ3v) is 5.74. The number of aromatic amines is 1. The molecule has 1 N–H and O–H groups in total. The fourth-order valence-electron chi connectivity index (χ4n) is 3.78. The molecule has 1 amide bonds. The standard InChI is InChI=1S/C21H26ClF3N4O/c1-14-5-6-17(22)16(10-14)13-29(9-8-28-7-3-4-15(2)12-28)20(30)18-11-19(27-26-18)21(23,24)25/h5-6,10-11,15H,3-4,7-9,12-13H2,1-2H3,(H,26,27).